The number of benzene rings is 1. The van der Waals surface area contributed by atoms with Gasteiger partial charge in [0.1, 0.15) is 0 Å². The van der Waals surface area contributed by atoms with Gasteiger partial charge in [0.15, 0.2) is 11.6 Å². The van der Waals surface area contributed by atoms with Gasteiger partial charge in [-0.25, -0.2) is 4.39 Å². The maximum atomic E-state index is 13.6. The quantitative estimate of drug-likeness (QED) is 0.659. The molecule has 2 atom stereocenters. The van der Waals surface area contributed by atoms with Gasteiger partial charge < -0.3 is 10.5 Å². The number of nitrogens with zero attached hydrogens (tertiary/aromatic N) is 1. The number of hydrogen-bond acceptors (Lipinski definition) is 4. The molecule has 0 saturated carbocycles. The molecule has 0 heterocycles. The van der Waals surface area contributed by atoms with E-state index < -0.39 is 10.7 Å². The molecule has 0 spiro atoms. The summed E-state index contributed by atoms with van der Waals surface area (Å²) in [4.78, 5) is 10.5. The average molecular weight is 270 g/mol. The van der Waals surface area contributed by atoms with Gasteiger partial charge in [0.25, 0.3) is 5.69 Å². The van der Waals surface area contributed by atoms with E-state index in [1.54, 1.807) is 6.92 Å². The number of halogens is 1. The molecule has 1 aromatic rings. The zero-order chi connectivity index (χ0) is 14.7. The molecule has 0 bridgehead atoms. The second-order valence-electron chi connectivity index (χ2n) is 4.93. The number of nitro benzene ring substituents is 1. The second-order valence-corrected chi connectivity index (χ2v) is 4.93. The molecule has 0 aliphatic rings. The van der Waals surface area contributed by atoms with E-state index in [4.69, 9.17) is 10.5 Å². The van der Waals surface area contributed by atoms with Crippen molar-refractivity contribution < 1.29 is 14.1 Å². The Bertz CT molecular complexity index is 467. The fourth-order valence-corrected chi connectivity index (χ4v) is 2.39. The monoisotopic (exact) mass is 270 g/mol. The lowest BCUT2D eigenvalue weighted by Gasteiger charge is -2.25. The Morgan fingerprint density at radius 1 is 1.37 bits per heavy atom. The molecular formula is C13H19FN2O3. The van der Waals surface area contributed by atoms with Crippen LogP contribution in [-0.4, -0.2) is 18.1 Å². The van der Waals surface area contributed by atoms with Crippen LogP contribution in [0, 0.1) is 21.8 Å². The highest BCUT2D eigenvalue weighted by molar-refractivity contribution is 5.49. The van der Waals surface area contributed by atoms with E-state index in [2.05, 4.69) is 0 Å². The topological polar surface area (TPSA) is 78.4 Å². The molecule has 5 nitrogen and oxygen atoms in total. The molecule has 2 unspecified atom stereocenters. The predicted octanol–water partition coefficient (Wildman–Crippen LogP) is 2.83. The molecule has 19 heavy (non-hydrogen) atoms. The zero-order valence-electron chi connectivity index (χ0n) is 11.5. The van der Waals surface area contributed by atoms with Crippen molar-refractivity contribution in [2.45, 2.75) is 32.7 Å². The Morgan fingerprint density at radius 3 is 2.32 bits per heavy atom. The van der Waals surface area contributed by atoms with Crippen molar-refractivity contribution in [3.63, 3.8) is 0 Å². The van der Waals surface area contributed by atoms with Gasteiger partial charge in [-0.1, -0.05) is 13.8 Å². The number of methoxy groups -OCH3 is 1. The maximum absolute atomic E-state index is 13.6. The first-order chi connectivity index (χ1) is 8.79. The Kier molecular flexibility index (Phi) is 4.83. The lowest BCUT2D eigenvalue weighted by atomic mass is 9.82. The summed E-state index contributed by atoms with van der Waals surface area (Å²) in [6, 6.07) is 1.99. The minimum Gasteiger partial charge on any atom is -0.494 e. The number of rotatable bonds is 5. The molecule has 0 radical (unpaired) electrons. The summed E-state index contributed by atoms with van der Waals surface area (Å²) in [5.41, 5.74) is 6.07. The minimum absolute atomic E-state index is 0.00750. The lowest BCUT2D eigenvalue weighted by molar-refractivity contribution is -0.386. The van der Waals surface area contributed by atoms with E-state index in [0.717, 1.165) is 6.07 Å². The summed E-state index contributed by atoms with van der Waals surface area (Å²) in [5, 5.41) is 11.1. The number of nitro groups is 1. The minimum atomic E-state index is -0.745. The third-order valence-electron chi connectivity index (χ3n) is 3.14. The molecule has 0 aliphatic carbocycles. The fraction of sp³-hybridized carbons (Fsp3) is 0.538. The maximum Gasteiger partial charge on any atom is 0.276 e. The molecule has 6 heteroatoms. The first-order valence-electron chi connectivity index (χ1n) is 6.07. The third kappa shape index (κ3) is 3.20. The molecule has 1 aromatic carbocycles. The van der Waals surface area contributed by atoms with Crippen LogP contribution in [-0.2, 0) is 0 Å². The highest BCUT2D eigenvalue weighted by Crippen LogP contribution is 2.37. The van der Waals surface area contributed by atoms with Crippen molar-refractivity contribution in [3.05, 3.63) is 33.6 Å². The van der Waals surface area contributed by atoms with Crippen LogP contribution in [0.3, 0.4) is 0 Å². The molecule has 2 N–H and O–H groups in total. The van der Waals surface area contributed by atoms with Gasteiger partial charge >= 0.3 is 0 Å². The molecular weight excluding hydrogens is 251 g/mol. The van der Waals surface area contributed by atoms with E-state index in [1.807, 2.05) is 13.8 Å². The van der Waals surface area contributed by atoms with Crippen LogP contribution in [0.4, 0.5) is 10.1 Å². The van der Waals surface area contributed by atoms with E-state index >= 15 is 0 Å². The Hall–Kier alpha value is -1.69. The molecule has 0 aromatic heterocycles. The van der Waals surface area contributed by atoms with Crippen LogP contribution >= 0.6 is 0 Å². The van der Waals surface area contributed by atoms with E-state index in [9.17, 15) is 14.5 Å². The third-order valence-corrected chi connectivity index (χ3v) is 3.14. The highest BCUT2D eigenvalue weighted by Gasteiger charge is 2.29. The van der Waals surface area contributed by atoms with Crippen molar-refractivity contribution in [1.82, 2.24) is 0 Å². The molecule has 0 aliphatic heterocycles. The number of ether oxygens (including phenoxy) is 1. The Labute approximate surface area is 111 Å². The zero-order valence-corrected chi connectivity index (χ0v) is 11.5. The summed E-state index contributed by atoms with van der Waals surface area (Å²) >= 11 is 0. The van der Waals surface area contributed by atoms with Gasteiger partial charge in [-0.05, 0) is 18.9 Å². The molecule has 0 saturated heterocycles. The summed E-state index contributed by atoms with van der Waals surface area (Å²) in [5.74, 6) is -0.902. The summed E-state index contributed by atoms with van der Waals surface area (Å²) in [6.45, 7) is 5.63. The van der Waals surface area contributed by atoms with Crippen LogP contribution < -0.4 is 10.5 Å². The SMILES string of the molecule is COc1cc(C(C(C)C)C(C)N)c([N+](=O)[O-])cc1F. The second kappa shape index (κ2) is 5.97. The Balaban J connectivity index is 3.49. The van der Waals surface area contributed by atoms with Crippen molar-refractivity contribution in [3.8, 4) is 5.75 Å². The smallest absolute Gasteiger partial charge is 0.276 e. The summed E-state index contributed by atoms with van der Waals surface area (Å²) in [7, 11) is 1.32. The van der Waals surface area contributed by atoms with Crippen LogP contribution in [0.25, 0.3) is 0 Å². The van der Waals surface area contributed by atoms with Crippen molar-refractivity contribution >= 4 is 5.69 Å². The van der Waals surface area contributed by atoms with Crippen LogP contribution in [0.15, 0.2) is 12.1 Å². The normalized spacial score (nSPS) is 14.3. The van der Waals surface area contributed by atoms with Crippen LogP contribution in [0.2, 0.25) is 0 Å². The first kappa shape index (κ1) is 15.4. The molecule has 1 rings (SSSR count). The number of hydrogen-bond donors (Lipinski definition) is 1. The van der Waals surface area contributed by atoms with Crippen LogP contribution in [0.5, 0.6) is 5.75 Å². The van der Waals surface area contributed by atoms with Crippen molar-refractivity contribution in [2.75, 3.05) is 7.11 Å². The Morgan fingerprint density at radius 2 is 1.95 bits per heavy atom. The van der Waals surface area contributed by atoms with Gasteiger partial charge in [-0.15, -0.1) is 0 Å². The van der Waals surface area contributed by atoms with Gasteiger partial charge in [0, 0.05) is 17.5 Å². The summed E-state index contributed by atoms with van der Waals surface area (Å²) < 4.78 is 18.5. The van der Waals surface area contributed by atoms with E-state index in [0.29, 0.717) is 5.56 Å². The highest BCUT2D eigenvalue weighted by atomic mass is 19.1. The summed E-state index contributed by atoms with van der Waals surface area (Å²) in [6.07, 6.45) is 0. The lowest BCUT2D eigenvalue weighted by Crippen LogP contribution is -2.29. The molecule has 106 valence electrons. The van der Waals surface area contributed by atoms with Gasteiger partial charge in [0.2, 0.25) is 0 Å². The van der Waals surface area contributed by atoms with Gasteiger partial charge in [-0.3, -0.25) is 10.1 Å². The van der Waals surface area contributed by atoms with Gasteiger partial charge in [-0.2, -0.15) is 0 Å². The predicted molar refractivity (Wildman–Crippen MR) is 70.8 cm³/mol. The van der Waals surface area contributed by atoms with Crippen molar-refractivity contribution in [2.24, 2.45) is 11.7 Å². The number of nitrogens with two attached hydrogens (primary N) is 1. The standard InChI is InChI=1S/C13H19FN2O3/c1-7(2)13(8(3)15)9-5-12(19-4)10(14)6-11(9)16(17)18/h5-8,13H,15H2,1-4H3. The average Bonchev–Trinajstić information content (AvgIpc) is 2.29. The molecule has 0 fully saturated rings. The van der Waals surface area contributed by atoms with Crippen molar-refractivity contribution in [1.29, 1.82) is 0 Å². The van der Waals surface area contributed by atoms with E-state index in [1.165, 1.54) is 13.2 Å². The largest absolute Gasteiger partial charge is 0.494 e. The van der Waals surface area contributed by atoms with E-state index in [-0.39, 0.29) is 29.3 Å². The fourth-order valence-electron chi connectivity index (χ4n) is 2.39. The first-order valence-corrected chi connectivity index (χ1v) is 6.07. The molecule has 0 amide bonds. The van der Waals surface area contributed by atoms with Gasteiger partial charge in [0.05, 0.1) is 18.1 Å². The van der Waals surface area contributed by atoms with Crippen LogP contribution in [0.1, 0.15) is 32.3 Å².